The Kier molecular flexibility index (Phi) is 4.76. The topological polar surface area (TPSA) is 54.5 Å². The summed E-state index contributed by atoms with van der Waals surface area (Å²) in [6, 6.07) is 7.30. The second-order valence-electron chi connectivity index (χ2n) is 4.68. The summed E-state index contributed by atoms with van der Waals surface area (Å²) in [6.07, 6.45) is 0.603. The molecule has 0 radical (unpaired) electrons. The van der Waals surface area contributed by atoms with Crippen molar-refractivity contribution in [3.8, 4) is 0 Å². The fourth-order valence-corrected chi connectivity index (χ4v) is 3.94. The third kappa shape index (κ3) is 4.12. The summed E-state index contributed by atoms with van der Waals surface area (Å²) < 4.78 is 23.8. The summed E-state index contributed by atoms with van der Waals surface area (Å²) in [7, 11) is -2.92. The minimum absolute atomic E-state index is 0.0202. The van der Waals surface area contributed by atoms with Crippen molar-refractivity contribution < 1.29 is 13.2 Å². The van der Waals surface area contributed by atoms with E-state index in [4.69, 9.17) is 0 Å². The van der Waals surface area contributed by atoms with Crippen LogP contribution in [-0.4, -0.2) is 50.2 Å². The van der Waals surface area contributed by atoms with E-state index in [1.54, 1.807) is 6.07 Å². The molecule has 0 N–H and O–H groups in total. The highest BCUT2D eigenvalue weighted by molar-refractivity contribution is 9.10. The Labute approximate surface area is 121 Å². The Hall–Kier alpha value is -0.720. The van der Waals surface area contributed by atoms with Crippen molar-refractivity contribution in [1.29, 1.82) is 0 Å². The Morgan fingerprint density at radius 2 is 1.95 bits per heavy atom. The second-order valence-corrected chi connectivity index (χ2v) is 7.84. The van der Waals surface area contributed by atoms with Gasteiger partial charge in [0.2, 0.25) is 0 Å². The first-order valence-corrected chi connectivity index (χ1v) is 8.80. The van der Waals surface area contributed by atoms with Crippen LogP contribution in [0.3, 0.4) is 0 Å². The quantitative estimate of drug-likeness (QED) is 0.783. The highest BCUT2D eigenvalue weighted by atomic mass is 79.9. The van der Waals surface area contributed by atoms with E-state index in [-0.39, 0.29) is 23.8 Å². The molecule has 4 nitrogen and oxygen atoms in total. The van der Waals surface area contributed by atoms with Gasteiger partial charge >= 0.3 is 0 Å². The van der Waals surface area contributed by atoms with Crippen molar-refractivity contribution >= 4 is 31.6 Å². The number of Topliss-reactive ketones (excluding diaryl/α,β-unsaturated/α-hetero) is 1. The maximum absolute atomic E-state index is 12.2. The van der Waals surface area contributed by atoms with Crippen LogP contribution in [-0.2, 0) is 9.84 Å². The number of hydrogen-bond donors (Lipinski definition) is 0. The molecule has 1 saturated heterocycles. The zero-order valence-electron chi connectivity index (χ0n) is 10.5. The van der Waals surface area contributed by atoms with E-state index in [9.17, 15) is 13.2 Å². The number of benzene rings is 1. The molecule has 1 fully saturated rings. The normalized spacial score (nSPS) is 19.8. The van der Waals surface area contributed by atoms with Crippen molar-refractivity contribution in [2.75, 3.05) is 31.1 Å². The van der Waals surface area contributed by atoms with E-state index in [0.29, 0.717) is 25.1 Å². The molecule has 0 amide bonds. The molecule has 0 aliphatic carbocycles. The fraction of sp³-hybridized carbons (Fsp3) is 0.462. The van der Waals surface area contributed by atoms with Crippen molar-refractivity contribution in [3.63, 3.8) is 0 Å². The highest BCUT2D eigenvalue weighted by Gasteiger charge is 2.21. The molecule has 0 bridgehead atoms. The molecule has 1 aromatic rings. The molecular weight excluding hydrogens is 330 g/mol. The van der Waals surface area contributed by atoms with Crippen LogP contribution in [0, 0.1) is 0 Å². The molecule has 0 saturated carbocycles. The molecule has 2 rings (SSSR count). The minimum Gasteiger partial charge on any atom is -0.295 e. The van der Waals surface area contributed by atoms with E-state index < -0.39 is 9.84 Å². The number of carbonyl (C=O) groups is 1. The lowest BCUT2D eigenvalue weighted by atomic mass is 10.1. The number of sulfone groups is 1. The lowest BCUT2D eigenvalue weighted by molar-refractivity contribution is 0.0935. The van der Waals surface area contributed by atoms with Crippen LogP contribution in [0.1, 0.15) is 16.8 Å². The number of ketones is 1. The van der Waals surface area contributed by atoms with Gasteiger partial charge in [0.05, 0.1) is 18.1 Å². The first kappa shape index (κ1) is 14.7. The number of carbonyl (C=O) groups excluding carboxylic acids is 1. The van der Waals surface area contributed by atoms with Gasteiger partial charge in [0.1, 0.15) is 0 Å². The SMILES string of the molecule is O=C(CN1CCCS(=O)(=O)CC1)c1ccccc1Br. The molecule has 1 aromatic carbocycles. The number of halogens is 1. The first-order chi connectivity index (χ1) is 8.98. The Morgan fingerprint density at radius 1 is 1.21 bits per heavy atom. The van der Waals surface area contributed by atoms with Crippen molar-refractivity contribution in [3.05, 3.63) is 34.3 Å². The summed E-state index contributed by atoms with van der Waals surface area (Å²) in [5, 5.41) is 0. The number of rotatable bonds is 3. The van der Waals surface area contributed by atoms with Gasteiger partial charge in [-0.05, 0) is 19.0 Å². The summed E-state index contributed by atoms with van der Waals surface area (Å²) >= 11 is 3.36. The van der Waals surface area contributed by atoms with E-state index in [2.05, 4.69) is 15.9 Å². The monoisotopic (exact) mass is 345 g/mol. The lowest BCUT2D eigenvalue weighted by Crippen LogP contribution is -2.32. The van der Waals surface area contributed by atoms with E-state index in [1.807, 2.05) is 23.1 Å². The van der Waals surface area contributed by atoms with Crippen LogP contribution in [0.15, 0.2) is 28.7 Å². The minimum atomic E-state index is -2.92. The van der Waals surface area contributed by atoms with Gasteiger partial charge in [-0.15, -0.1) is 0 Å². The third-order valence-electron chi connectivity index (χ3n) is 3.19. The summed E-state index contributed by atoms with van der Waals surface area (Å²) in [5.41, 5.74) is 0.648. The zero-order valence-corrected chi connectivity index (χ0v) is 12.9. The van der Waals surface area contributed by atoms with Gasteiger partial charge in [-0.2, -0.15) is 0 Å². The average Bonchev–Trinajstić information content (AvgIpc) is 2.51. The molecule has 1 heterocycles. The fourth-order valence-electron chi connectivity index (χ4n) is 2.12. The number of nitrogens with zero attached hydrogens (tertiary/aromatic N) is 1. The number of hydrogen-bond acceptors (Lipinski definition) is 4. The maximum atomic E-state index is 12.2. The Bertz CT molecular complexity index is 571. The standard InChI is InChI=1S/C13H16BrNO3S/c14-12-5-2-1-4-11(12)13(16)10-15-6-3-8-19(17,18)9-7-15/h1-2,4-5H,3,6-10H2. The van der Waals surface area contributed by atoms with Gasteiger partial charge < -0.3 is 0 Å². The molecular formula is C13H16BrNO3S. The van der Waals surface area contributed by atoms with Gasteiger partial charge in [-0.1, -0.05) is 34.1 Å². The smallest absolute Gasteiger partial charge is 0.177 e. The molecule has 0 unspecified atom stereocenters. The lowest BCUT2D eigenvalue weighted by Gasteiger charge is -2.18. The molecule has 0 spiro atoms. The molecule has 1 aliphatic heterocycles. The van der Waals surface area contributed by atoms with Gasteiger partial charge in [0.15, 0.2) is 15.6 Å². The molecule has 104 valence electrons. The van der Waals surface area contributed by atoms with Crippen LogP contribution < -0.4 is 0 Å². The molecule has 0 atom stereocenters. The maximum Gasteiger partial charge on any atom is 0.177 e. The Morgan fingerprint density at radius 3 is 2.68 bits per heavy atom. The van der Waals surface area contributed by atoms with Crippen LogP contribution in [0.2, 0.25) is 0 Å². The molecule has 1 aliphatic rings. The predicted octanol–water partition coefficient (Wildman–Crippen LogP) is 1.75. The summed E-state index contributed by atoms with van der Waals surface area (Å²) in [4.78, 5) is 14.1. The second kappa shape index (κ2) is 6.15. The Balaban J connectivity index is 2.02. The highest BCUT2D eigenvalue weighted by Crippen LogP contribution is 2.17. The van der Waals surface area contributed by atoms with Crippen molar-refractivity contribution in [2.45, 2.75) is 6.42 Å². The molecule has 6 heteroatoms. The van der Waals surface area contributed by atoms with Crippen LogP contribution >= 0.6 is 15.9 Å². The van der Waals surface area contributed by atoms with Crippen LogP contribution in [0.25, 0.3) is 0 Å². The zero-order chi connectivity index (χ0) is 13.9. The van der Waals surface area contributed by atoms with Gasteiger partial charge in [-0.3, -0.25) is 9.69 Å². The van der Waals surface area contributed by atoms with Crippen molar-refractivity contribution in [2.24, 2.45) is 0 Å². The van der Waals surface area contributed by atoms with Gasteiger partial charge in [0.25, 0.3) is 0 Å². The largest absolute Gasteiger partial charge is 0.295 e. The van der Waals surface area contributed by atoms with Gasteiger partial charge in [-0.25, -0.2) is 8.42 Å². The van der Waals surface area contributed by atoms with E-state index >= 15 is 0 Å². The van der Waals surface area contributed by atoms with E-state index in [1.165, 1.54) is 0 Å². The van der Waals surface area contributed by atoms with Crippen LogP contribution in [0.5, 0.6) is 0 Å². The average molecular weight is 346 g/mol. The van der Waals surface area contributed by atoms with Gasteiger partial charge in [0, 0.05) is 16.6 Å². The first-order valence-electron chi connectivity index (χ1n) is 6.18. The molecule has 0 aromatic heterocycles. The van der Waals surface area contributed by atoms with E-state index in [0.717, 1.165) is 4.47 Å². The summed E-state index contributed by atoms with van der Waals surface area (Å²) in [6.45, 7) is 1.38. The van der Waals surface area contributed by atoms with Crippen LogP contribution in [0.4, 0.5) is 0 Å². The predicted molar refractivity (Wildman–Crippen MR) is 78.2 cm³/mol. The molecule has 19 heavy (non-hydrogen) atoms. The third-order valence-corrected chi connectivity index (χ3v) is 5.60. The van der Waals surface area contributed by atoms with Crippen molar-refractivity contribution in [1.82, 2.24) is 4.90 Å². The summed E-state index contributed by atoms with van der Waals surface area (Å²) in [5.74, 6) is 0.398.